The standard InChI is InChI=1S/C16H20N4O2/c1-11-6-4-5-7-12(11)13(20(2)3)10-19-15-14(16(21)22)17-8-9-18-15/h4-9,13H,10H2,1-3H3,(H,18,19)(H,21,22)/t13-/m1/s1. The van der Waals surface area contributed by atoms with Crippen LogP contribution in [0.25, 0.3) is 0 Å². The first-order chi connectivity index (χ1) is 10.5. The van der Waals surface area contributed by atoms with Crippen LogP contribution in [0.4, 0.5) is 5.82 Å². The van der Waals surface area contributed by atoms with Gasteiger partial charge in [-0.15, -0.1) is 0 Å². The molecule has 2 rings (SSSR count). The summed E-state index contributed by atoms with van der Waals surface area (Å²) in [7, 11) is 3.99. The van der Waals surface area contributed by atoms with Crippen molar-refractivity contribution in [3.63, 3.8) is 0 Å². The van der Waals surface area contributed by atoms with E-state index >= 15 is 0 Å². The molecule has 0 aliphatic rings. The number of aromatic carboxylic acids is 1. The number of hydrogen-bond acceptors (Lipinski definition) is 5. The molecular formula is C16H20N4O2. The zero-order valence-electron chi connectivity index (χ0n) is 12.9. The topological polar surface area (TPSA) is 78.3 Å². The van der Waals surface area contributed by atoms with Crippen LogP contribution in [-0.4, -0.2) is 46.6 Å². The summed E-state index contributed by atoms with van der Waals surface area (Å²) in [6.07, 6.45) is 2.85. The van der Waals surface area contributed by atoms with E-state index in [9.17, 15) is 4.79 Å². The minimum Gasteiger partial charge on any atom is -0.476 e. The predicted octanol–water partition coefficient (Wildman–Crippen LogP) is 2.20. The number of likely N-dealkylation sites (N-methyl/N-ethyl adjacent to an activating group) is 1. The number of nitrogens with zero attached hydrogens (tertiary/aromatic N) is 3. The van der Waals surface area contributed by atoms with Crippen molar-refractivity contribution in [3.8, 4) is 0 Å². The summed E-state index contributed by atoms with van der Waals surface area (Å²) < 4.78 is 0. The highest BCUT2D eigenvalue weighted by molar-refractivity contribution is 5.90. The number of carbonyl (C=O) groups is 1. The summed E-state index contributed by atoms with van der Waals surface area (Å²) in [4.78, 5) is 21.2. The van der Waals surface area contributed by atoms with Crippen LogP contribution in [0.2, 0.25) is 0 Å². The smallest absolute Gasteiger partial charge is 0.358 e. The van der Waals surface area contributed by atoms with E-state index in [1.165, 1.54) is 23.5 Å². The molecule has 0 fully saturated rings. The van der Waals surface area contributed by atoms with Crippen LogP contribution < -0.4 is 5.32 Å². The van der Waals surface area contributed by atoms with Gasteiger partial charge < -0.3 is 15.3 Å². The van der Waals surface area contributed by atoms with Crippen molar-refractivity contribution in [1.29, 1.82) is 0 Å². The third-order valence-electron chi connectivity index (χ3n) is 3.53. The molecule has 0 amide bonds. The first-order valence-corrected chi connectivity index (χ1v) is 7.01. The van der Waals surface area contributed by atoms with Crippen LogP contribution in [0, 0.1) is 6.92 Å². The molecule has 2 N–H and O–H groups in total. The monoisotopic (exact) mass is 300 g/mol. The molecule has 6 nitrogen and oxygen atoms in total. The van der Waals surface area contributed by atoms with E-state index in [0.29, 0.717) is 6.54 Å². The largest absolute Gasteiger partial charge is 0.476 e. The van der Waals surface area contributed by atoms with Crippen LogP contribution in [-0.2, 0) is 0 Å². The first-order valence-electron chi connectivity index (χ1n) is 7.01. The second-order valence-electron chi connectivity index (χ2n) is 5.28. The molecule has 1 aromatic carbocycles. The fourth-order valence-electron chi connectivity index (χ4n) is 2.35. The lowest BCUT2D eigenvalue weighted by atomic mass is 10.0. The van der Waals surface area contributed by atoms with E-state index in [2.05, 4.69) is 39.2 Å². The quantitative estimate of drug-likeness (QED) is 0.851. The lowest BCUT2D eigenvalue weighted by molar-refractivity contribution is 0.0691. The summed E-state index contributed by atoms with van der Waals surface area (Å²) in [5.74, 6) is -0.802. The third-order valence-corrected chi connectivity index (χ3v) is 3.53. The van der Waals surface area contributed by atoms with Crippen LogP contribution in [0.1, 0.15) is 27.7 Å². The molecule has 22 heavy (non-hydrogen) atoms. The van der Waals surface area contributed by atoms with Gasteiger partial charge in [-0.05, 0) is 32.1 Å². The minimum absolute atomic E-state index is 0.0650. The van der Waals surface area contributed by atoms with Crippen LogP contribution in [0.3, 0.4) is 0 Å². The lowest BCUT2D eigenvalue weighted by Gasteiger charge is -2.26. The number of nitrogens with one attached hydrogen (secondary N) is 1. The van der Waals surface area contributed by atoms with Gasteiger partial charge in [-0.2, -0.15) is 0 Å². The highest BCUT2D eigenvalue weighted by atomic mass is 16.4. The van der Waals surface area contributed by atoms with E-state index in [0.717, 1.165) is 0 Å². The average molecular weight is 300 g/mol. The van der Waals surface area contributed by atoms with Gasteiger partial charge in [-0.1, -0.05) is 24.3 Å². The molecule has 1 heterocycles. The Balaban J connectivity index is 2.21. The fraction of sp³-hybridized carbons (Fsp3) is 0.312. The van der Waals surface area contributed by atoms with E-state index < -0.39 is 5.97 Å². The van der Waals surface area contributed by atoms with Gasteiger partial charge in [0.15, 0.2) is 11.5 Å². The summed E-state index contributed by atoms with van der Waals surface area (Å²) in [5.41, 5.74) is 2.33. The highest BCUT2D eigenvalue weighted by Gasteiger charge is 2.18. The SMILES string of the molecule is Cc1ccccc1[C@@H](CNc1nccnc1C(=O)O)N(C)C. The number of carboxylic acid groups (broad SMARTS) is 1. The number of aromatic nitrogens is 2. The van der Waals surface area contributed by atoms with Gasteiger partial charge in [0.2, 0.25) is 0 Å². The summed E-state index contributed by atoms with van der Waals surface area (Å²) in [5, 5.41) is 12.3. The molecule has 0 saturated heterocycles. The Morgan fingerprint density at radius 2 is 1.95 bits per heavy atom. The average Bonchev–Trinajstić information content (AvgIpc) is 2.49. The molecule has 0 saturated carbocycles. The Bertz CT molecular complexity index is 658. The van der Waals surface area contributed by atoms with Gasteiger partial charge in [-0.25, -0.2) is 14.8 Å². The fourth-order valence-corrected chi connectivity index (χ4v) is 2.35. The Morgan fingerprint density at radius 3 is 2.59 bits per heavy atom. The molecule has 0 unspecified atom stereocenters. The third kappa shape index (κ3) is 3.59. The molecule has 6 heteroatoms. The van der Waals surface area contributed by atoms with Gasteiger partial charge >= 0.3 is 5.97 Å². The zero-order valence-corrected chi connectivity index (χ0v) is 12.9. The van der Waals surface area contributed by atoms with Crippen LogP contribution in [0.15, 0.2) is 36.7 Å². The summed E-state index contributed by atoms with van der Waals surface area (Å²) in [6, 6.07) is 8.26. The predicted molar refractivity (Wildman–Crippen MR) is 85.1 cm³/mol. The van der Waals surface area contributed by atoms with E-state index in [1.807, 2.05) is 26.2 Å². The van der Waals surface area contributed by atoms with Gasteiger partial charge in [-0.3, -0.25) is 0 Å². The zero-order chi connectivity index (χ0) is 16.1. The molecule has 1 atom stereocenters. The molecule has 0 aliphatic heterocycles. The molecule has 0 spiro atoms. The van der Waals surface area contributed by atoms with Crippen molar-refractivity contribution in [2.75, 3.05) is 26.0 Å². The van der Waals surface area contributed by atoms with Crippen molar-refractivity contribution < 1.29 is 9.90 Å². The Morgan fingerprint density at radius 1 is 1.27 bits per heavy atom. The molecule has 0 bridgehead atoms. The highest BCUT2D eigenvalue weighted by Crippen LogP contribution is 2.22. The van der Waals surface area contributed by atoms with Crippen LogP contribution in [0.5, 0.6) is 0 Å². The Kier molecular flexibility index (Phi) is 5.06. The van der Waals surface area contributed by atoms with Crippen molar-refractivity contribution in [2.24, 2.45) is 0 Å². The maximum atomic E-state index is 11.2. The lowest BCUT2D eigenvalue weighted by Crippen LogP contribution is -2.28. The summed E-state index contributed by atoms with van der Waals surface area (Å²) >= 11 is 0. The number of anilines is 1. The van der Waals surface area contributed by atoms with Crippen molar-refractivity contribution in [2.45, 2.75) is 13.0 Å². The summed E-state index contributed by atoms with van der Waals surface area (Å²) in [6.45, 7) is 2.60. The van der Waals surface area contributed by atoms with Gasteiger partial charge in [0.25, 0.3) is 0 Å². The van der Waals surface area contributed by atoms with Crippen molar-refractivity contribution in [1.82, 2.24) is 14.9 Å². The van der Waals surface area contributed by atoms with Gasteiger partial charge in [0.05, 0.1) is 6.04 Å². The van der Waals surface area contributed by atoms with E-state index in [1.54, 1.807) is 0 Å². The van der Waals surface area contributed by atoms with Gasteiger partial charge in [0.1, 0.15) is 0 Å². The molecule has 2 aromatic rings. The normalized spacial score (nSPS) is 12.2. The Labute approximate surface area is 129 Å². The second kappa shape index (κ2) is 7.00. The molecule has 1 aromatic heterocycles. The molecule has 0 radical (unpaired) electrons. The maximum Gasteiger partial charge on any atom is 0.358 e. The van der Waals surface area contributed by atoms with Gasteiger partial charge in [0, 0.05) is 18.9 Å². The molecular weight excluding hydrogens is 280 g/mol. The number of hydrogen-bond donors (Lipinski definition) is 2. The first kappa shape index (κ1) is 15.9. The number of carboxylic acids is 1. The van der Waals surface area contributed by atoms with Crippen molar-refractivity contribution in [3.05, 3.63) is 53.5 Å². The van der Waals surface area contributed by atoms with E-state index in [4.69, 9.17) is 5.11 Å². The number of benzene rings is 1. The number of rotatable bonds is 6. The van der Waals surface area contributed by atoms with E-state index in [-0.39, 0.29) is 17.6 Å². The second-order valence-corrected chi connectivity index (χ2v) is 5.28. The Hall–Kier alpha value is -2.47. The molecule has 116 valence electrons. The maximum absolute atomic E-state index is 11.2. The minimum atomic E-state index is -1.09. The van der Waals surface area contributed by atoms with Crippen LogP contribution >= 0.6 is 0 Å². The number of aryl methyl sites for hydroxylation is 1. The molecule has 0 aliphatic carbocycles. The van der Waals surface area contributed by atoms with Crippen molar-refractivity contribution >= 4 is 11.8 Å².